The van der Waals surface area contributed by atoms with E-state index in [0.717, 1.165) is 4.90 Å². The highest BCUT2D eigenvalue weighted by atomic mass is 19.4. The predicted molar refractivity (Wildman–Crippen MR) is 68.1 cm³/mol. The van der Waals surface area contributed by atoms with Crippen LogP contribution >= 0.6 is 0 Å². The van der Waals surface area contributed by atoms with Crippen molar-refractivity contribution in [3.05, 3.63) is 35.9 Å². The zero-order chi connectivity index (χ0) is 15.4. The van der Waals surface area contributed by atoms with Crippen LogP contribution in [0.5, 0.6) is 0 Å². The summed E-state index contributed by atoms with van der Waals surface area (Å²) in [5.41, 5.74) is 4.25. The standard InChI is InChI=1S/C13H17F3N2O2/c1-2-18(9-13(14,15)16)8-12(17,11(19)20)10-6-4-3-5-7-10/h3-7H,2,8-9,17H2,1H3,(H,19,20). The predicted octanol–water partition coefficient (Wildman–Crippen LogP) is 1.81. The summed E-state index contributed by atoms with van der Waals surface area (Å²) < 4.78 is 37.3. The molecular weight excluding hydrogens is 273 g/mol. The molecule has 0 saturated carbocycles. The van der Waals surface area contributed by atoms with Gasteiger partial charge in [0, 0.05) is 6.54 Å². The summed E-state index contributed by atoms with van der Waals surface area (Å²) in [6.45, 7) is -0.0253. The fourth-order valence-corrected chi connectivity index (χ4v) is 1.90. The molecule has 4 nitrogen and oxygen atoms in total. The van der Waals surface area contributed by atoms with Crippen molar-refractivity contribution in [1.82, 2.24) is 4.90 Å². The van der Waals surface area contributed by atoms with Crippen LogP contribution in [0, 0.1) is 0 Å². The number of alkyl halides is 3. The molecule has 0 aliphatic rings. The lowest BCUT2D eigenvalue weighted by atomic mass is 9.90. The normalized spacial score (nSPS) is 15.1. The van der Waals surface area contributed by atoms with Gasteiger partial charge in [-0.15, -0.1) is 0 Å². The number of halogens is 3. The van der Waals surface area contributed by atoms with Crippen LogP contribution in [0.15, 0.2) is 30.3 Å². The summed E-state index contributed by atoms with van der Waals surface area (Å²) in [4.78, 5) is 12.4. The molecule has 20 heavy (non-hydrogen) atoms. The van der Waals surface area contributed by atoms with E-state index < -0.39 is 30.8 Å². The van der Waals surface area contributed by atoms with Gasteiger partial charge in [0.25, 0.3) is 0 Å². The Kier molecular flexibility index (Phi) is 5.13. The number of aliphatic carboxylic acids is 1. The van der Waals surface area contributed by atoms with Crippen molar-refractivity contribution in [1.29, 1.82) is 0 Å². The van der Waals surface area contributed by atoms with Gasteiger partial charge in [-0.3, -0.25) is 4.90 Å². The molecule has 1 atom stereocenters. The molecule has 0 spiro atoms. The number of carbonyl (C=O) groups is 1. The van der Waals surface area contributed by atoms with Crippen molar-refractivity contribution in [3.63, 3.8) is 0 Å². The lowest BCUT2D eigenvalue weighted by Crippen LogP contribution is -2.54. The average Bonchev–Trinajstić information content (AvgIpc) is 2.37. The molecule has 0 radical (unpaired) electrons. The molecule has 0 aliphatic carbocycles. The number of rotatable bonds is 6. The largest absolute Gasteiger partial charge is 0.480 e. The first kappa shape index (κ1) is 16.5. The number of hydrogen-bond donors (Lipinski definition) is 2. The first-order valence-corrected chi connectivity index (χ1v) is 6.06. The van der Waals surface area contributed by atoms with Crippen molar-refractivity contribution >= 4 is 5.97 Å². The van der Waals surface area contributed by atoms with Gasteiger partial charge < -0.3 is 10.8 Å². The molecule has 0 aromatic heterocycles. The maximum atomic E-state index is 12.4. The summed E-state index contributed by atoms with van der Waals surface area (Å²) in [6, 6.07) is 7.87. The monoisotopic (exact) mass is 290 g/mol. The lowest BCUT2D eigenvalue weighted by Gasteiger charge is -2.32. The van der Waals surface area contributed by atoms with E-state index in [9.17, 15) is 23.1 Å². The van der Waals surface area contributed by atoms with Gasteiger partial charge in [0.05, 0.1) is 6.54 Å². The highest BCUT2D eigenvalue weighted by Gasteiger charge is 2.40. The summed E-state index contributed by atoms with van der Waals surface area (Å²) in [6.07, 6.45) is -4.40. The van der Waals surface area contributed by atoms with Gasteiger partial charge in [0.1, 0.15) is 0 Å². The molecule has 1 rings (SSSR count). The van der Waals surface area contributed by atoms with Gasteiger partial charge >= 0.3 is 12.1 Å². The fraction of sp³-hybridized carbons (Fsp3) is 0.462. The van der Waals surface area contributed by atoms with E-state index in [4.69, 9.17) is 5.73 Å². The molecule has 7 heteroatoms. The van der Waals surface area contributed by atoms with Crippen LogP contribution < -0.4 is 5.73 Å². The van der Waals surface area contributed by atoms with E-state index in [0.29, 0.717) is 0 Å². The van der Waals surface area contributed by atoms with Crippen molar-refractivity contribution in [2.45, 2.75) is 18.6 Å². The summed E-state index contributed by atoms with van der Waals surface area (Å²) in [5, 5.41) is 9.30. The van der Waals surface area contributed by atoms with Gasteiger partial charge in [-0.2, -0.15) is 13.2 Å². The fourth-order valence-electron chi connectivity index (χ4n) is 1.90. The zero-order valence-electron chi connectivity index (χ0n) is 11.0. The van der Waals surface area contributed by atoms with Crippen LogP contribution in [-0.4, -0.2) is 41.8 Å². The Hall–Kier alpha value is -1.60. The van der Waals surface area contributed by atoms with E-state index in [2.05, 4.69) is 0 Å². The first-order chi connectivity index (χ1) is 9.19. The Balaban J connectivity index is 3.00. The maximum absolute atomic E-state index is 12.4. The van der Waals surface area contributed by atoms with Crippen molar-refractivity contribution < 1.29 is 23.1 Å². The summed E-state index contributed by atoms with van der Waals surface area (Å²) >= 11 is 0. The zero-order valence-corrected chi connectivity index (χ0v) is 11.0. The molecule has 0 heterocycles. The van der Waals surface area contributed by atoms with Crippen LogP contribution in [0.2, 0.25) is 0 Å². The van der Waals surface area contributed by atoms with Crippen LogP contribution in [0.25, 0.3) is 0 Å². The molecule has 0 aliphatic heterocycles. The smallest absolute Gasteiger partial charge is 0.401 e. The minimum atomic E-state index is -4.40. The number of nitrogens with two attached hydrogens (primary N) is 1. The van der Waals surface area contributed by atoms with E-state index in [1.54, 1.807) is 18.2 Å². The second-order valence-electron chi connectivity index (χ2n) is 4.56. The molecule has 0 saturated heterocycles. The number of hydrogen-bond acceptors (Lipinski definition) is 3. The molecular formula is C13H17F3N2O2. The number of carboxylic acids is 1. The Morgan fingerprint density at radius 1 is 1.25 bits per heavy atom. The third-order valence-electron chi connectivity index (χ3n) is 2.99. The minimum absolute atomic E-state index is 0.0541. The first-order valence-electron chi connectivity index (χ1n) is 6.06. The van der Waals surface area contributed by atoms with Gasteiger partial charge in [-0.05, 0) is 12.1 Å². The Bertz CT molecular complexity index is 451. The highest BCUT2D eigenvalue weighted by molar-refractivity contribution is 5.80. The molecule has 1 aromatic rings. The average molecular weight is 290 g/mol. The molecule has 1 unspecified atom stereocenters. The number of likely N-dealkylation sites (N-methyl/N-ethyl adjacent to an activating group) is 1. The van der Waals surface area contributed by atoms with Crippen LogP contribution in [0.3, 0.4) is 0 Å². The molecule has 3 N–H and O–H groups in total. The van der Waals surface area contributed by atoms with Crippen molar-refractivity contribution in [2.24, 2.45) is 5.73 Å². The third-order valence-corrected chi connectivity index (χ3v) is 2.99. The quantitative estimate of drug-likeness (QED) is 0.838. The minimum Gasteiger partial charge on any atom is -0.480 e. The van der Waals surface area contributed by atoms with Crippen LogP contribution in [0.4, 0.5) is 13.2 Å². The topological polar surface area (TPSA) is 66.6 Å². The Morgan fingerprint density at radius 3 is 2.20 bits per heavy atom. The van der Waals surface area contributed by atoms with Gasteiger partial charge in [-0.25, -0.2) is 4.79 Å². The van der Waals surface area contributed by atoms with E-state index in [1.807, 2.05) is 0 Å². The number of carboxylic acid groups (broad SMARTS) is 1. The Labute approximate surface area is 115 Å². The summed E-state index contributed by atoms with van der Waals surface area (Å²) in [7, 11) is 0. The lowest BCUT2D eigenvalue weighted by molar-refractivity contribution is -0.155. The maximum Gasteiger partial charge on any atom is 0.401 e. The molecule has 1 aromatic carbocycles. The van der Waals surface area contributed by atoms with Crippen LogP contribution in [-0.2, 0) is 10.3 Å². The third kappa shape index (κ3) is 4.21. The SMILES string of the molecule is CCN(CC(F)(F)F)CC(N)(C(=O)O)c1ccccc1. The van der Waals surface area contributed by atoms with Crippen molar-refractivity contribution in [2.75, 3.05) is 19.6 Å². The van der Waals surface area contributed by atoms with Gasteiger partial charge in [0.15, 0.2) is 5.54 Å². The second kappa shape index (κ2) is 6.23. The van der Waals surface area contributed by atoms with Gasteiger partial charge in [-0.1, -0.05) is 37.3 Å². The molecule has 0 amide bonds. The van der Waals surface area contributed by atoms with E-state index >= 15 is 0 Å². The highest BCUT2D eigenvalue weighted by Crippen LogP contribution is 2.23. The number of nitrogens with zero attached hydrogens (tertiary/aromatic N) is 1. The molecule has 0 bridgehead atoms. The van der Waals surface area contributed by atoms with E-state index in [-0.39, 0.29) is 12.1 Å². The van der Waals surface area contributed by atoms with E-state index in [1.165, 1.54) is 19.1 Å². The Morgan fingerprint density at radius 2 is 1.80 bits per heavy atom. The van der Waals surface area contributed by atoms with Crippen molar-refractivity contribution in [3.8, 4) is 0 Å². The number of benzene rings is 1. The molecule has 112 valence electrons. The van der Waals surface area contributed by atoms with Gasteiger partial charge in [0.2, 0.25) is 0 Å². The molecule has 0 fully saturated rings. The second-order valence-corrected chi connectivity index (χ2v) is 4.56. The van der Waals surface area contributed by atoms with Crippen LogP contribution in [0.1, 0.15) is 12.5 Å². The summed E-state index contributed by atoms with van der Waals surface area (Å²) in [5.74, 6) is -1.36.